The second-order valence-corrected chi connectivity index (χ2v) is 8.75. The number of nitrogens with zero attached hydrogens (tertiary/aromatic N) is 5. The molecule has 0 saturated carbocycles. The highest BCUT2D eigenvalue weighted by Crippen LogP contribution is 2.42. The Balaban J connectivity index is 1.53. The van der Waals surface area contributed by atoms with Crippen LogP contribution in [0, 0.1) is 0 Å². The van der Waals surface area contributed by atoms with E-state index in [1.807, 2.05) is 56.0 Å². The summed E-state index contributed by atoms with van der Waals surface area (Å²) in [6, 6.07) is 12.1. The monoisotopic (exact) mass is 449 g/mol. The van der Waals surface area contributed by atoms with Crippen molar-refractivity contribution in [1.82, 2.24) is 14.8 Å². The van der Waals surface area contributed by atoms with E-state index in [2.05, 4.69) is 22.7 Å². The number of anilines is 3. The molecule has 0 aliphatic carbocycles. The van der Waals surface area contributed by atoms with Gasteiger partial charge in [-0.15, -0.1) is 0 Å². The number of amides is 2. The number of rotatable bonds is 3. The largest absolute Gasteiger partial charge is 0.308 e. The van der Waals surface area contributed by atoms with Crippen molar-refractivity contribution in [3.8, 4) is 11.1 Å². The number of hydrogen-bond acceptors (Lipinski definition) is 4. The van der Waals surface area contributed by atoms with Gasteiger partial charge >= 0.3 is 0 Å². The second kappa shape index (κ2) is 7.66. The summed E-state index contributed by atoms with van der Waals surface area (Å²) in [5, 5.41) is 5.22. The van der Waals surface area contributed by atoms with Gasteiger partial charge in [-0.1, -0.05) is 18.7 Å². The van der Waals surface area contributed by atoms with E-state index in [1.54, 1.807) is 14.5 Å². The predicted molar refractivity (Wildman–Crippen MR) is 132 cm³/mol. The summed E-state index contributed by atoms with van der Waals surface area (Å²) in [5.41, 5.74) is 7.46. The van der Waals surface area contributed by atoms with Crippen molar-refractivity contribution in [2.45, 2.75) is 19.3 Å². The lowest BCUT2D eigenvalue weighted by atomic mass is 9.96. The first-order valence-electron chi connectivity index (χ1n) is 11.3. The van der Waals surface area contributed by atoms with Crippen LogP contribution >= 0.6 is 0 Å². The molecule has 0 saturated heterocycles. The van der Waals surface area contributed by atoms with E-state index in [-0.39, 0.29) is 11.8 Å². The first kappa shape index (κ1) is 20.4. The number of benzene rings is 2. The number of aromatic nitrogens is 3. The summed E-state index contributed by atoms with van der Waals surface area (Å²) in [7, 11) is 1.89. The molecule has 0 atom stereocenters. The maximum absolute atomic E-state index is 13.3. The van der Waals surface area contributed by atoms with E-state index in [0.29, 0.717) is 19.4 Å². The molecular formula is C27H23N5O2. The smallest absolute Gasteiger partial charge is 0.250 e. The number of carbonyl (C=O) groups is 2. The highest BCUT2D eigenvalue weighted by atomic mass is 16.2. The van der Waals surface area contributed by atoms with Crippen molar-refractivity contribution in [2.24, 2.45) is 7.05 Å². The summed E-state index contributed by atoms with van der Waals surface area (Å²) in [5.74, 6) is -0.0941. The van der Waals surface area contributed by atoms with Crippen LogP contribution in [-0.4, -0.2) is 33.1 Å². The lowest BCUT2D eigenvalue weighted by Gasteiger charge is -2.31. The van der Waals surface area contributed by atoms with E-state index in [1.165, 1.54) is 6.08 Å². The first-order valence-corrected chi connectivity index (χ1v) is 11.3. The fraction of sp³-hybridized carbons (Fsp3) is 0.185. The molecule has 0 unspecified atom stereocenters. The van der Waals surface area contributed by atoms with E-state index >= 15 is 0 Å². The van der Waals surface area contributed by atoms with E-state index in [4.69, 9.17) is 0 Å². The van der Waals surface area contributed by atoms with E-state index in [0.717, 1.165) is 56.6 Å². The van der Waals surface area contributed by atoms with Gasteiger partial charge in [0.1, 0.15) is 0 Å². The summed E-state index contributed by atoms with van der Waals surface area (Å²) in [6.07, 6.45) is 8.87. The Labute approximate surface area is 196 Å². The molecule has 0 N–H and O–H groups in total. The average molecular weight is 450 g/mol. The van der Waals surface area contributed by atoms with Crippen LogP contribution in [-0.2, 0) is 29.5 Å². The third kappa shape index (κ3) is 3.12. The average Bonchev–Trinajstić information content (AvgIpc) is 3.49. The minimum absolute atomic E-state index is 0.0336. The molecule has 2 aromatic carbocycles. The van der Waals surface area contributed by atoms with Gasteiger partial charge in [0.2, 0.25) is 11.8 Å². The molecule has 7 heteroatoms. The summed E-state index contributed by atoms with van der Waals surface area (Å²) >= 11 is 0. The molecule has 34 heavy (non-hydrogen) atoms. The van der Waals surface area contributed by atoms with Crippen LogP contribution in [0.2, 0.25) is 0 Å². The zero-order chi connectivity index (χ0) is 23.4. The fourth-order valence-corrected chi connectivity index (χ4v) is 5.01. The number of carbonyl (C=O) groups excluding carboxylic acids is 2. The highest BCUT2D eigenvalue weighted by molar-refractivity contribution is 6.11. The van der Waals surface area contributed by atoms with Crippen molar-refractivity contribution >= 4 is 39.8 Å². The summed E-state index contributed by atoms with van der Waals surface area (Å²) in [6.45, 7) is 4.25. The molecule has 0 fully saturated rings. The molecule has 2 aliphatic heterocycles. The Hall–Kier alpha value is -4.26. The van der Waals surface area contributed by atoms with Crippen LogP contribution in [0.4, 0.5) is 17.1 Å². The number of pyridine rings is 1. The Morgan fingerprint density at radius 2 is 1.91 bits per heavy atom. The fourth-order valence-electron chi connectivity index (χ4n) is 5.01. The Bertz CT molecular complexity index is 1500. The maximum Gasteiger partial charge on any atom is 0.250 e. The van der Waals surface area contributed by atoms with Crippen molar-refractivity contribution < 1.29 is 9.59 Å². The van der Waals surface area contributed by atoms with Crippen LogP contribution in [0.3, 0.4) is 0 Å². The van der Waals surface area contributed by atoms with E-state index < -0.39 is 0 Å². The third-order valence-electron chi connectivity index (χ3n) is 6.70. The number of fused-ring (bicyclic) bond motifs is 4. The van der Waals surface area contributed by atoms with E-state index in [9.17, 15) is 9.59 Å². The number of hydrogen-bond donors (Lipinski definition) is 0. The molecular weight excluding hydrogens is 426 g/mol. The van der Waals surface area contributed by atoms with Crippen molar-refractivity contribution in [1.29, 1.82) is 0 Å². The van der Waals surface area contributed by atoms with Gasteiger partial charge in [0.25, 0.3) is 0 Å². The molecule has 6 rings (SSSR count). The Morgan fingerprint density at radius 3 is 2.71 bits per heavy atom. The second-order valence-electron chi connectivity index (χ2n) is 8.75. The molecule has 0 spiro atoms. The normalized spacial score (nSPS) is 14.9. The molecule has 2 amide bonds. The molecule has 2 aromatic heterocycles. The summed E-state index contributed by atoms with van der Waals surface area (Å²) < 4.78 is 1.77. The molecule has 4 heterocycles. The zero-order valence-corrected chi connectivity index (χ0v) is 18.9. The van der Waals surface area contributed by atoms with Gasteiger partial charge in [0.05, 0.1) is 23.1 Å². The lowest BCUT2D eigenvalue weighted by molar-refractivity contribution is -0.118. The highest BCUT2D eigenvalue weighted by Gasteiger charge is 2.30. The van der Waals surface area contributed by atoms with Crippen LogP contribution in [0.25, 0.3) is 22.0 Å². The van der Waals surface area contributed by atoms with Gasteiger partial charge < -0.3 is 4.90 Å². The Kier molecular flexibility index (Phi) is 4.58. The van der Waals surface area contributed by atoms with Crippen LogP contribution < -0.4 is 9.80 Å². The Morgan fingerprint density at radius 1 is 1.03 bits per heavy atom. The van der Waals surface area contributed by atoms with Crippen LogP contribution in [0.15, 0.2) is 67.6 Å². The van der Waals surface area contributed by atoms with Gasteiger partial charge in [-0.25, -0.2) is 0 Å². The van der Waals surface area contributed by atoms with Crippen LogP contribution in [0.5, 0.6) is 0 Å². The van der Waals surface area contributed by atoms with Crippen molar-refractivity contribution in [3.63, 3.8) is 0 Å². The standard InChI is InChI=1S/C27H23N5O2/c1-3-25(33)31-11-10-17-4-7-21(13-24(17)31)32-26(34)9-6-19-14-28-23-8-5-18(12-22(23)27(19)32)20-15-29-30(2)16-20/h3-5,7-8,12-16H,1,6,9-11H2,2H3. The molecule has 2 aliphatic rings. The summed E-state index contributed by atoms with van der Waals surface area (Å²) in [4.78, 5) is 33.9. The molecule has 0 bridgehead atoms. The molecule has 168 valence electrons. The first-order chi connectivity index (χ1) is 16.5. The minimum atomic E-state index is -0.128. The third-order valence-corrected chi connectivity index (χ3v) is 6.70. The predicted octanol–water partition coefficient (Wildman–Crippen LogP) is 4.32. The van der Waals surface area contributed by atoms with Gasteiger partial charge in [-0.05, 0) is 59.9 Å². The zero-order valence-electron chi connectivity index (χ0n) is 18.9. The quantitative estimate of drug-likeness (QED) is 0.437. The number of aryl methyl sites for hydroxylation is 2. The maximum atomic E-state index is 13.3. The minimum Gasteiger partial charge on any atom is -0.308 e. The SMILES string of the molecule is C=CC(=O)N1CCc2ccc(N3C(=O)CCc4cnc5ccc(-c6cnn(C)c6)cc5c43)cc21. The molecule has 4 aromatic rings. The molecule has 0 radical (unpaired) electrons. The molecule has 7 nitrogen and oxygen atoms in total. The van der Waals surface area contributed by atoms with Gasteiger partial charge in [0.15, 0.2) is 0 Å². The topological polar surface area (TPSA) is 71.3 Å². The van der Waals surface area contributed by atoms with Crippen molar-refractivity contribution in [2.75, 3.05) is 16.3 Å². The lowest BCUT2D eigenvalue weighted by Crippen LogP contribution is -2.31. The van der Waals surface area contributed by atoms with Gasteiger partial charge in [-0.2, -0.15) is 5.10 Å². The van der Waals surface area contributed by atoms with Crippen molar-refractivity contribution in [3.05, 3.63) is 78.8 Å². The van der Waals surface area contributed by atoms with Crippen LogP contribution in [0.1, 0.15) is 17.5 Å². The van der Waals surface area contributed by atoms with Gasteiger partial charge in [-0.3, -0.25) is 24.2 Å². The van der Waals surface area contributed by atoms with Gasteiger partial charge in [0, 0.05) is 49.0 Å².